The highest BCUT2D eigenvalue weighted by molar-refractivity contribution is 5.76. The molecule has 0 rings (SSSR count). The summed E-state index contributed by atoms with van der Waals surface area (Å²) >= 11 is 0. The van der Waals surface area contributed by atoms with Gasteiger partial charge in [0, 0.05) is 0 Å². The molecule has 14 heavy (non-hydrogen) atoms. The van der Waals surface area contributed by atoms with Gasteiger partial charge in [0.2, 0.25) is 0 Å². The van der Waals surface area contributed by atoms with Crippen LogP contribution < -0.4 is 17.7 Å². The number of rotatable bonds is 6. The maximum absolute atomic E-state index is 11.2. The van der Waals surface area contributed by atoms with E-state index in [-0.39, 0.29) is 25.0 Å². The van der Waals surface area contributed by atoms with Crippen LogP contribution in [0, 0.1) is 0 Å². The molecule has 0 unspecified atom stereocenters. The van der Waals surface area contributed by atoms with E-state index < -0.39 is 0 Å². The smallest absolute Gasteiger partial charge is 0.277 e. The van der Waals surface area contributed by atoms with Crippen molar-refractivity contribution in [3.8, 4) is 0 Å². The molecule has 0 saturated carbocycles. The third-order valence-corrected chi connectivity index (χ3v) is 2.77. The van der Waals surface area contributed by atoms with Crippen LogP contribution in [0.1, 0.15) is 20.8 Å². The number of hydrogen-bond donors (Lipinski definition) is 2. The predicted octanol–water partition coefficient (Wildman–Crippen LogP) is -3.07. The van der Waals surface area contributed by atoms with E-state index >= 15 is 0 Å². The van der Waals surface area contributed by atoms with Crippen LogP contribution in [0.5, 0.6) is 0 Å². The van der Waals surface area contributed by atoms with Crippen LogP contribution in [-0.2, 0) is 4.79 Å². The van der Waals surface area contributed by atoms with Crippen molar-refractivity contribution in [2.75, 3.05) is 32.9 Å². The van der Waals surface area contributed by atoms with Crippen molar-refractivity contribution in [2.45, 2.75) is 20.8 Å². The number of aliphatic hydroxyl groups is 1. The lowest BCUT2D eigenvalue weighted by atomic mass is 10.3. The number of carbonyl (C=O) groups is 1. The van der Waals surface area contributed by atoms with Gasteiger partial charge in [-0.2, -0.15) is 0 Å². The third kappa shape index (κ3) is 4.79. The lowest BCUT2D eigenvalue weighted by molar-refractivity contribution is -0.915. The van der Waals surface area contributed by atoms with Crippen molar-refractivity contribution >= 4 is 5.91 Å². The lowest BCUT2D eigenvalue weighted by Gasteiger charge is -2.34. The number of carbonyl (C=O) groups excluding carboxylic acids is 1. The summed E-state index contributed by atoms with van der Waals surface area (Å²) in [6.07, 6.45) is 0. The van der Waals surface area contributed by atoms with Gasteiger partial charge in [0.1, 0.15) is 6.73 Å². The van der Waals surface area contributed by atoms with E-state index in [9.17, 15) is 4.79 Å². The average Bonchev–Trinajstić information content (AvgIpc) is 2.15. The molecule has 0 spiro atoms. The highest BCUT2D eigenvalue weighted by Crippen LogP contribution is 2.04. The van der Waals surface area contributed by atoms with E-state index in [0.717, 1.165) is 24.1 Å². The van der Waals surface area contributed by atoms with E-state index in [1.807, 2.05) is 0 Å². The van der Waals surface area contributed by atoms with Crippen LogP contribution in [0.4, 0.5) is 0 Å². The summed E-state index contributed by atoms with van der Waals surface area (Å²) in [6.45, 7) is 9.29. The molecule has 0 heterocycles. The normalized spacial score (nSPS) is 10.6. The molecule has 0 fully saturated rings. The van der Waals surface area contributed by atoms with Crippen LogP contribution in [0.15, 0.2) is 0 Å². The van der Waals surface area contributed by atoms with Crippen molar-refractivity contribution < 1.29 is 26.8 Å². The van der Waals surface area contributed by atoms with Gasteiger partial charge in [-0.15, -0.1) is 0 Å². The molecular formula is C9H21ClN2O2. The lowest BCUT2D eigenvalue weighted by Crippen LogP contribution is -3.00. The Kier molecular flexibility index (Phi) is 9.24. The minimum Gasteiger partial charge on any atom is -1.00 e. The maximum atomic E-state index is 11.2. The Labute approximate surface area is 92.3 Å². The molecule has 1 amide bonds. The topological polar surface area (TPSA) is 49.3 Å². The number of likely N-dealkylation sites (N-methyl/N-ethyl adjacent to an activating group) is 1. The molecule has 0 aliphatic rings. The molecule has 0 aliphatic carbocycles. The molecule has 5 heteroatoms. The zero-order valence-electron chi connectivity index (χ0n) is 9.22. The van der Waals surface area contributed by atoms with Gasteiger partial charge in [-0.25, -0.2) is 0 Å². The Morgan fingerprint density at radius 2 is 1.64 bits per heavy atom. The van der Waals surface area contributed by atoms with Crippen molar-refractivity contribution in [1.29, 1.82) is 0 Å². The van der Waals surface area contributed by atoms with Gasteiger partial charge in [0.25, 0.3) is 5.91 Å². The average molecular weight is 225 g/mol. The fourth-order valence-corrected chi connectivity index (χ4v) is 1.45. The van der Waals surface area contributed by atoms with Gasteiger partial charge in [0.05, 0.1) is 19.6 Å². The first-order valence-corrected chi connectivity index (χ1v) is 4.86. The van der Waals surface area contributed by atoms with Gasteiger partial charge in [-0.1, -0.05) is 0 Å². The molecule has 0 bridgehead atoms. The second kappa shape index (κ2) is 8.03. The quantitative estimate of drug-likeness (QED) is 0.372. The summed E-state index contributed by atoms with van der Waals surface area (Å²) < 4.78 is 0.784. The number of amides is 1. The van der Waals surface area contributed by atoms with Crippen molar-refractivity contribution in [1.82, 2.24) is 5.32 Å². The maximum Gasteiger partial charge on any atom is 0.277 e. The fourth-order valence-electron chi connectivity index (χ4n) is 1.45. The first kappa shape index (κ1) is 16.1. The summed E-state index contributed by atoms with van der Waals surface area (Å²) in [4.78, 5) is 11.2. The minimum atomic E-state index is -0.268. The van der Waals surface area contributed by atoms with Gasteiger partial charge >= 0.3 is 0 Å². The zero-order chi connectivity index (χ0) is 10.3. The SMILES string of the molecule is CC[N+](CC)(CC)CC(=O)NCO.[Cl-]. The standard InChI is InChI=1S/C9H20N2O2.ClH/c1-4-11(5-2,6-3)7-9(13)10-8-12;/h12H,4-8H2,1-3H3;1H. The highest BCUT2D eigenvalue weighted by atomic mass is 35.5. The highest BCUT2D eigenvalue weighted by Gasteiger charge is 2.24. The minimum absolute atomic E-state index is 0. The van der Waals surface area contributed by atoms with Crippen LogP contribution >= 0.6 is 0 Å². The number of quaternary nitrogens is 1. The fraction of sp³-hybridized carbons (Fsp3) is 0.889. The van der Waals surface area contributed by atoms with Gasteiger partial charge in [0.15, 0.2) is 6.54 Å². The summed E-state index contributed by atoms with van der Waals surface area (Å²) in [5.74, 6) is -0.0759. The monoisotopic (exact) mass is 224 g/mol. The van der Waals surface area contributed by atoms with E-state index in [1.54, 1.807) is 0 Å². The molecule has 0 aliphatic heterocycles. The zero-order valence-corrected chi connectivity index (χ0v) is 9.97. The molecule has 0 saturated heterocycles. The van der Waals surface area contributed by atoms with E-state index in [0.29, 0.717) is 6.54 Å². The summed E-state index contributed by atoms with van der Waals surface area (Å²) in [7, 11) is 0. The summed E-state index contributed by atoms with van der Waals surface area (Å²) in [5.41, 5.74) is 0. The van der Waals surface area contributed by atoms with Crippen molar-refractivity contribution in [3.63, 3.8) is 0 Å². The van der Waals surface area contributed by atoms with Crippen molar-refractivity contribution in [2.24, 2.45) is 0 Å². The molecule has 0 atom stereocenters. The molecule has 86 valence electrons. The predicted molar refractivity (Wildman–Crippen MR) is 52.0 cm³/mol. The van der Waals surface area contributed by atoms with Crippen LogP contribution in [0.2, 0.25) is 0 Å². The Bertz CT molecular complexity index is 153. The van der Waals surface area contributed by atoms with E-state index in [1.165, 1.54) is 0 Å². The number of hydrogen-bond acceptors (Lipinski definition) is 2. The largest absolute Gasteiger partial charge is 1.00 e. The van der Waals surface area contributed by atoms with Crippen LogP contribution in [0.25, 0.3) is 0 Å². The van der Waals surface area contributed by atoms with E-state index in [4.69, 9.17) is 5.11 Å². The van der Waals surface area contributed by atoms with Gasteiger partial charge in [-0.05, 0) is 20.8 Å². The molecule has 2 N–H and O–H groups in total. The first-order chi connectivity index (χ1) is 6.14. The number of halogens is 1. The van der Waals surface area contributed by atoms with Crippen molar-refractivity contribution in [3.05, 3.63) is 0 Å². The third-order valence-electron chi connectivity index (χ3n) is 2.77. The van der Waals surface area contributed by atoms with Gasteiger partial charge < -0.3 is 27.3 Å². The molecule has 0 aromatic carbocycles. The second-order valence-electron chi connectivity index (χ2n) is 3.21. The number of nitrogens with one attached hydrogen (secondary N) is 1. The first-order valence-electron chi connectivity index (χ1n) is 4.86. The van der Waals surface area contributed by atoms with Gasteiger partial charge in [-0.3, -0.25) is 4.79 Å². The molecule has 0 aromatic heterocycles. The number of nitrogens with zero attached hydrogens (tertiary/aromatic N) is 1. The summed E-state index contributed by atoms with van der Waals surface area (Å²) in [6, 6.07) is 0. The van der Waals surface area contributed by atoms with Crippen LogP contribution in [-0.4, -0.2) is 48.4 Å². The summed E-state index contributed by atoms with van der Waals surface area (Å²) in [5, 5.41) is 10.9. The molecular weight excluding hydrogens is 204 g/mol. The second-order valence-corrected chi connectivity index (χ2v) is 3.21. The Balaban J connectivity index is 0. The Hall–Kier alpha value is -0.320. The number of aliphatic hydroxyl groups excluding tert-OH is 1. The van der Waals surface area contributed by atoms with E-state index in [2.05, 4.69) is 26.1 Å². The Morgan fingerprint density at radius 1 is 1.21 bits per heavy atom. The van der Waals surface area contributed by atoms with Crippen LogP contribution in [0.3, 0.4) is 0 Å². The molecule has 0 radical (unpaired) electrons. The Morgan fingerprint density at radius 3 is 1.93 bits per heavy atom. The molecule has 4 nitrogen and oxygen atoms in total. The molecule has 0 aromatic rings.